The van der Waals surface area contributed by atoms with E-state index >= 15 is 0 Å². The Morgan fingerprint density at radius 3 is 2.01 bits per heavy atom. The Hall–Kier alpha value is -3.60. The molecule has 18 atom stereocenters. The molecule has 0 amide bonds. The van der Waals surface area contributed by atoms with Gasteiger partial charge in [-0.05, 0) is 109 Å². The Morgan fingerprint density at radius 2 is 1.47 bits per heavy atom. The third kappa shape index (κ3) is 13.3. The third-order valence-corrected chi connectivity index (χ3v) is 18.4. The van der Waals surface area contributed by atoms with E-state index in [1.165, 1.54) is 32.4 Å². The third-order valence-electron chi connectivity index (χ3n) is 18.4. The van der Waals surface area contributed by atoms with Crippen molar-refractivity contribution in [2.24, 2.45) is 41.4 Å². The standard InChI is InChI=1S/C42H70O11.C17H18N2O6.Na/c1-11-29(38(46)47)31-15-14-23(4)36(50-31)27(8)34(44)26(7)35(45)30(12-2)37-24(5)22-25(6)41(51-37)19-16-32(43)42(53-41)21-20-39(10,52-42)33-17-18-40(48,13-3)28(9)49-33;1-9-13(16(20)24-3)15(14(10(2)18-9)17(21)25-4)11-7-5-6-8-12(11)19(22)23;/h16,19,23-34,36-37,43-44,48H,11-15,17-18,20-22H2,1-10H3,(H,46,47);5-8,15,18H,1-4H3;/q;;+1/p-1. The summed E-state index contributed by atoms with van der Waals surface area (Å²) in [4.78, 5) is 61.8. The molecule has 1 aromatic rings. The molecule has 4 N–H and O–H groups in total. The van der Waals surface area contributed by atoms with Crippen LogP contribution in [0.4, 0.5) is 5.69 Å². The van der Waals surface area contributed by atoms with Gasteiger partial charge >= 0.3 is 41.5 Å². The van der Waals surface area contributed by atoms with Crippen LogP contribution in [0.25, 0.3) is 0 Å². The number of hydrogen-bond donors (Lipinski definition) is 4. The first-order valence-electron chi connectivity index (χ1n) is 28.1. The normalized spacial score (nSPS) is 35.7. The predicted octanol–water partition coefficient (Wildman–Crippen LogP) is 4.03. The second kappa shape index (κ2) is 26.8. The van der Waals surface area contributed by atoms with Gasteiger partial charge in [0.15, 0.2) is 5.79 Å². The van der Waals surface area contributed by atoms with Crippen molar-refractivity contribution in [2.75, 3.05) is 14.2 Å². The van der Waals surface area contributed by atoms with Gasteiger partial charge in [-0.15, -0.1) is 0 Å². The van der Waals surface area contributed by atoms with E-state index in [1.807, 2.05) is 41.5 Å². The Balaban J connectivity index is 0.000000370. The van der Waals surface area contributed by atoms with Crippen LogP contribution in [0.1, 0.15) is 159 Å². The number of aliphatic hydroxyl groups is 3. The van der Waals surface area contributed by atoms with E-state index in [0.717, 1.165) is 6.42 Å². The van der Waals surface area contributed by atoms with Crippen LogP contribution in [-0.2, 0) is 52.3 Å². The van der Waals surface area contributed by atoms with Crippen molar-refractivity contribution in [1.29, 1.82) is 0 Å². The van der Waals surface area contributed by atoms with Crippen molar-refractivity contribution in [2.45, 2.75) is 219 Å². The van der Waals surface area contributed by atoms with Crippen LogP contribution in [0.2, 0.25) is 0 Å². The van der Waals surface area contributed by atoms with Gasteiger partial charge in [0.1, 0.15) is 11.9 Å². The molecule has 0 radical (unpaired) electrons. The molecular weight excluding hydrogens is 1030 g/mol. The first-order chi connectivity index (χ1) is 36.6. The molecule has 6 aliphatic rings. The number of carboxylic acid groups (broad SMARTS) is 1. The molecule has 2 spiro atoms. The second-order valence-corrected chi connectivity index (χ2v) is 23.3. The van der Waals surface area contributed by atoms with Gasteiger partial charge < -0.3 is 63.7 Å². The van der Waals surface area contributed by atoms with Crippen molar-refractivity contribution >= 4 is 29.4 Å². The molecular formula is C59H87N2NaO17. The van der Waals surface area contributed by atoms with Crippen molar-refractivity contribution in [3.05, 3.63) is 74.6 Å². The number of benzene rings is 1. The summed E-state index contributed by atoms with van der Waals surface area (Å²) in [6.45, 7) is 22.8. The number of esters is 2. The van der Waals surface area contributed by atoms with Gasteiger partial charge in [-0.3, -0.25) is 14.9 Å². The van der Waals surface area contributed by atoms with Crippen molar-refractivity contribution < 1.29 is 107 Å². The monoisotopic (exact) mass is 1120 g/mol. The van der Waals surface area contributed by atoms with Gasteiger partial charge in [-0.2, -0.15) is 0 Å². The summed E-state index contributed by atoms with van der Waals surface area (Å²) >= 11 is 0. The minimum absolute atomic E-state index is 0. The van der Waals surface area contributed by atoms with Crippen LogP contribution < -0.4 is 40.0 Å². The number of dihydropyridines is 1. The Morgan fingerprint density at radius 1 is 0.861 bits per heavy atom. The fourth-order valence-electron chi connectivity index (χ4n) is 13.4. The van der Waals surface area contributed by atoms with E-state index in [9.17, 15) is 49.7 Å². The number of carbonyl (C=O) groups is 4. The summed E-state index contributed by atoms with van der Waals surface area (Å²) in [5.41, 5.74) is -0.444. The number of carbonyl (C=O) groups excluding carboxylic acids is 4. The molecule has 6 aliphatic heterocycles. The Bertz CT molecular complexity index is 2430. The number of rotatable bonds is 16. The van der Waals surface area contributed by atoms with Gasteiger partial charge in [0.05, 0.1) is 84.0 Å². The van der Waals surface area contributed by atoms with Crippen molar-refractivity contribution in [3.8, 4) is 0 Å². The largest absolute Gasteiger partial charge is 1.00 e. The molecule has 4 saturated heterocycles. The zero-order valence-electron chi connectivity index (χ0n) is 49.2. The van der Waals surface area contributed by atoms with E-state index in [1.54, 1.807) is 39.0 Å². The summed E-state index contributed by atoms with van der Waals surface area (Å²) in [6, 6.07) is 5.97. The maximum Gasteiger partial charge on any atom is 1.00 e. The van der Waals surface area contributed by atoms with Crippen LogP contribution in [0.5, 0.6) is 0 Å². The van der Waals surface area contributed by atoms with Crippen molar-refractivity contribution in [3.63, 3.8) is 0 Å². The molecule has 79 heavy (non-hydrogen) atoms. The van der Waals surface area contributed by atoms with E-state index in [0.29, 0.717) is 69.2 Å². The number of hydrogen-bond acceptors (Lipinski definition) is 18. The Kier molecular flexibility index (Phi) is 22.4. The quantitative estimate of drug-likeness (QED) is 0.0598. The summed E-state index contributed by atoms with van der Waals surface area (Å²) in [5.74, 6) is -8.56. The minimum Gasteiger partial charge on any atom is -0.550 e. The number of ether oxygens (including phenoxy) is 7. The number of aliphatic hydroxyl groups excluding tert-OH is 2. The number of nitrogens with zero attached hydrogens (tertiary/aromatic N) is 1. The summed E-state index contributed by atoms with van der Waals surface area (Å²) in [7, 11) is 2.42. The van der Waals surface area contributed by atoms with Gasteiger partial charge in [-0.1, -0.05) is 73.6 Å². The van der Waals surface area contributed by atoms with Gasteiger partial charge in [0.25, 0.3) is 5.69 Å². The molecule has 0 aliphatic carbocycles. The first kappa shape index (κ1) is 66.2. The average molecular weight is 1120 g/mol. The fourth-order valence-corrected chi connectivity index (χ4v) is 13.4. The van der Waals surface area contributed by atoms with Gasteiger partial charge in [0.2, 0.25) is 5.79 Å². The molecule has 18 unspecified atom stereocenters. The van der Waals surface area contributed by atoms with E-state index in [4.69, 9.17) is 33.2 Å². The van der Waals surface area contributed by atoms with Gasteiger partial charge in [-0.25, -0.2) is 9.59 Å². The zero-order valence-corrected chi connectivity index (χ0v) is 51.2. The maximum atomic E-state index is 14.4. The molecule has 7 rings (SSSR count). The fraction of sp³-hybridized carbons (Fsp3) is 0.729. The van der Waals surface area contributed by atoms with Crippen LogP contribution in [0, 0.1) is 51.5 Å². The number of methoxy groups -OCH3 is 2. The average Bonchev–Trinajstić information content (AvgIpc) is 3.90. The number of carboxylic acids is 1. The van der Waals surface area contributed by atoms with Crippen LogP contribution in [0.15, 0.2) is 59.0 Å². The summed E-state index contributed by atoms with van der Waals surface area (Å²) in [5, 5.41) is 60.4. The Labute approximate surface area is 488 Å². The number of ketones is 1. The maximum absolute atomic E-state index is 14.4. The number of allylic oxidation sites excluding steroid dienone is 2. The summed E-state index contributed by atoms with van der Waals surface area (Å²) < 4.78 is 43.1. The number of para-hydroxylation sites is 1. The molecule has 6 heterocycles. The molecule has 0 saturated carbocycles. The molecule has 436 valence electrons. The minimum atomic E-state index is -1.37. The SMILES string of the molecule is CCC(C(=O)[O-])C1CCC(C)C(C(C)C(O)C(C)C(=O)C(CC)C2OC3(C=CC(O)C4(CCC(C)(C5CCC(O)(CC)C(C)O5)O4)O3)C(C)CC2C)O1.COC(=O)C1=C(C)NC(C)=C(C(=O)OC)C1c1ccccc1[N+](=O)[O-].[Na+]. The smallest absolute Gasteiger partial charge is 0.550 e. The topological polar surface area (TPSA) is 272 Å². The zero-order chi connectivity index (χ0) is 58.0. The van der Waals surface area contributed by atoms with Crippen molar-refractivity contribution in [1.82, 2.24) is 5.32 Å². The summed E-state index contributed by atoms with van der Waals surface area (Å²) in [6.07, 6.45) is 5.22. The molecule has 0 aromatic heterocycles. The predicted molar refractivity (Wildman–Crippen MR) is 284 cm³/mol. The molecule has 19 nitrogen and oxygen atoms in total. The number of nitro benzene ring substituents is 1. The number of nitrogens with one attached hydrogen (secondary N) is 1. The molecule has 0 bridgehead atoms. The second-order valence-electron chi connectivity index (χ2n) is 23.3. The molecule has 20 heteroatoms. The number of aliphatic carboxylic acids is 1. The van der Waals surface area contributed by atoms with E-state index < -0.39 is 106 Å². The van der Waals surface area contributed by atoms with E-state index in [-0.39, 0.29) is 87.7 Å². The van der Waals surface area contributed by atoms with Crippen LogP contribution in [0.3, 0.4) is 0 Å². The molecule has 1 aromatic carbocycles. The van der Waals surface area contributed by atoms with E-state index in [2.05, 4.69) is 26.1 Å². The number of Topliss-reactive ketones (excluding diaryl/α,β-unsaturated/α-hetero) is 1. The van der Waals surface area contributed by atoms with Gasteiger partial charge in [0, 0.05) is 65.0 Å². The molecule has 4 fully saturated rings. The first-order valence-corrected chi connectivity index (χ1v) is 28.1. The number of nitro groups is 1. The van der Waals surface area contributed by atoms with Crippen LogP contribution in [-0.4, -0.2) is 124 Å². The van der Waals surface area contributed by atoms with Crippen LogP contribution >= 0.6 is 0 Å².